The highest BCUT2D eigenvalue weighted by Crippen LogP contribution is 2.12. The molecule has 0 aromatic carbocycles. The number of amides is 1. The van der Waals surface area contributed by atoms with Crippen LogP contribution in [0.1, 0.15) is 20.3 Å². The van der Waals surface area contributed by atoms with Crippen molar-refractivity contribution in [1.29, 1.82) is 0 Å². The summed E-state index contributed by atoms with van der Waals surface area (Å²) < 4.78 is 5.56. The minimum absolute atomic E-state index is 0.163. The second-order valence-electron chi connectivity index (χ2n) is 5.42. The van der Waals surface area contributed by atoms with Gasteiger partial charge < -0.3 is 15.0 Å². The van der Waals surface area contributed by atoms with Gasteiger partial charge >= 0.3 is 0 Å². The predicted octanol–water partition coefficient (Wildman–Crippen LogP) is -0.0825. The number of rotatable bonds is 2. The normalized spacial score (nSPS) is 31.1. The van der Waals surface area contributed by atoms with Crippen LogP contribution in [-0.4, -0.2) is 73.7 Å². The summed E-state index contributed by atoms with van der Waals surface area (Å²) >= 11 is 0. The number of morpholine rings is 1. The van der Waals surface area contributed by atoms with E-state index in [2.05, 4.69) is 17.1 Å². The van der Waals surface area contributed by atoms with E-state index in [0.717, 1.165) is 39.1 Å². The fourth-order valence-corrected chi connectivity index (χ4v) is 2.59. The molecule has 2 fully saturated rings. The van der Waals surface area contributed by atoms with Gasteiger partial charge in [0.05, 0.1) is 25.3 Å². The molecule has 104 valence electrons. The Morgan fingerprint density at radius 2 is 2.17 bits per heavy atom. The summed E-state index contributed by atoms with van der Waals surface area (Å²) in [4.78, 5) is 16.6. The summed E-state index contributed by atoms with van der Waals surface area (Å²) in [5.74, 6) is 0.250. The van der Waals surface area contributed by atoms with Gasteiger partial charge in [-0.25, -0.2) is 0 Å². The smallest absolute Gasteiger partial charge is 0.237 e. The number of nitrogens with zero attached hydrogens (tertiary/aromatic N) is 2. The van der Waals surface area contributed by atoms with Gasteiger partial charge in [-0.05, 0) is 33.4 Å². The molecule has 2 rings (SSSR count). The highest BCUT2D eigenvalue weighted by Gasteiger charge is 2.28. The molecule has 2 aliphatic rings. The summed E-state index contributed by atoms with van der Waals surface area (Å²) in [7, 11) is 0. The lowest BCUT2D eigenvalue weighted by atomic mass is 10.2. The molecule has 0 aliphatic carbocycles. The van der Waals surface area contributed by atoms with Gasteiger partial charge in [-0.3, -0.25) is 9.69 Å². The molecule has 5 heteroatoms. The van der Waals surface area contributed by atoms with Gasteiger partial charge in [0, 0.05) is 19.6 Å². The van der Waals surface area contributed by atoms with Crippen LogP contribution in [0.4, 0.5) is 0 Å². The number of ether oxygens (including phenoxy) is 1. The van der Waals surface area contributed by atoms with Gasteiger partial charge in [0.2, 0.25) is 5.91 Å². The Labute approximate surface area is 109 Å². The third-order valence-electron chi connectivity index (χ3n) is 3.72. The Hall–Kier alpha value is -0.650. The Morgan fingerprint density at radius 1 is 1.33 bits per heavy atom. The van der Waals surface area contributed by atoms with Crippen LogP contribution in [0.25, 0.3) is 0 Å². The highest BCUT2D eigenvalue weighted by atomic mass is 16.5. The van der Waals surface area contributed by atoms with Crippen LogP contribution in [0, 0.1) is 0 Å². The molecule has 2 saturated heterocycles. The van der Waals surface area contributed by atoms with Crippen molar-refractivity contribution in [3.05, 3.63) is 0 Å². The fourth-order valence-electron chi connectivity index (χ4n) is 2.59. The Bertz CT molecular complexity index is 277. The van der Waals surface area contributed by atoms with Gasteiger partial charge in [-0.2, -0.15) is 0 Å². The van der Waals surface area contributed by atoms with Gasteiger partial charge in [0.15, 0.2) is 0 Å². The third kappa shape index (κ3) is 3.67. The summed E-state index contributed by atoms with van der Waals surface area (Å²) in [6, 6.07) is 0.207. The molecule has 0 aromatic rings. The van der Waals surface area contributed by atoms with E-state index in [1.54, 1.807) is 0 Å². The summed E-state index contributed by atoms with van der Waals surface area (Å²) in [6.45, 7) is 10.1. The molecular formula is C13H25N3O2. The van der Waals surface area contributed by atoms with Gasteiger partial charge in [-0.1, -0.05) is 0 Å². The number of hydrogen-bond acceptors (Lipinski definition) is 4. The standard InChI is InChI=1S/C13H25N3O2/c1-11-10-18-12(2)8-16(11)13(17)9-15-6-3-4-14-5-7-15/h11-12,14H,3-10H2,1-2H3. The monoisotopic (exact) mass is 255 g/mol. The average Bonchev–Trinajstić information content (AvgIpc) is 2.61. The van der Waals surface area contributed by atoms with Crippen molar-refractivity contribution in [3.8, 4) is 0 Å². The maximum atomic E-state index is 12.3. The number of carbonyl (C=O) groups is 1. The zero-order valence-corrected chi connectivity index (χ0v) is 11.5. The van der Waals surface area contributed by atoms with E-state index in [0.29, 0.717) is 13.2 Å². The lowest BCUT2D eigenvalue weighted by Gasteiger charge is -2.37. The van der Waals surface area contributed by atoms with Gasteiger partial charge in [0.1, 0.15) is 0 Å². The zero-order chi connectivity index (χ0) is 13.0. The van der Waals surface area contributed by atoms with Gasteiger partial charge in [0.25, 0.3) is 0 Å². The molecule has 5 nitrogen and oxygen atoms in total. The van der Waals surface area contributed by atoms with Crippen LogP contribution in [0.3, 0.4) is 0 Å². The Kier molecular flexibility index (Phi) is 4.97. The molecule has 0 saturated carbocycles. The van der Waals surface area contributed by atoms with Gasteiger partial charge in [-0.15, -0.1) is 0 Å². The summed E-state index contributed by atoms with van der Waals surface area (Å²) in [6.07, 6.45) is 1.29. The average molecular weight is 255 g/mol. The van der Waals surface area contributed by atoms with E-state index in [1.807, 2.05) is 11.8 Å². The van der Waals surface area contributed by atoms with Crippen molar-refractivity contribution in [1.82, 2.24) is 15.1 Å². The topological polar surface area (TPSA) is 44.8 Å². The lowest BCUT2D eigenvalue weighted by molar-refractivity contribution is -0.144. The van der Waals surface area contributed by atoms with Crippen molar-refractivity contribution < 1.29 is 9.53 Å². The molecule has 0 bridgehead atoms. The van der Waals surface area contributed by atoms with Crippen molar-refractivity contribution in [2.45, 2.75) is 32.4 Å². The molecule has 2 unspecified atom stereocenters. The minimum Gasteiger partial charge on any atom is -0.375 e. The molecule has 0 spiro atoms. The zero-order valence-electron chi connectivity index (χ0n) is 11.5. The van der Waals surface area contributed by atoms with Crippen LogP contribution < -0.4 is 5.32 Å². The van der Waals surface area contributed by atoms with Crippen molar-refractivity contribution in [3.63, 3.8) is 0 Å². The number of nitrogens with one attached hydrogen (secondary N) is 1. The summed E-state index contributed by atoms with van der Waals surface area (Å²) in [5, 5.41) is 3.36. The number of hydrogen-bond donors (Lipinski definition) is 1. The molecular weight excluding hydrogens is 230 g/mol. The first kappa shape index (κ1) is 13.8. The maximum Gasteiger partial charge on any atom is 0.237 e. The van der Waals surface area contributed by atoms with E-state index in [4.69, 9.17) is 4.74 Å². The van der Waals surface area contributed by atoms with Crippen LogP contribution >= 0.6 is 0 Å². The fraction of sp³-hybridized carbons (Fsp3) is 0.923. The molecule has 18 heavy (non-hydrogen) atoms. The van der Waals surface area contributed by atoms with Crippen molar-refractivity contribution in [2.75, 3.05) is 45.9 Å². The van der Waals surface area contributed by atoms with E-state index in [9.17, 15) is 4.79 Å². The van der Waals surface area contributed by atoms with Crippen molar-refractivity contribution >= 4 is 5.91 Å². The van der Waals surface area contributed by atoms with Crippen molar-refractivity contribution in [2.24, 2.45) is 0 Å². The summed E-state index contributed by atoms with van der Waals surface area (Å²) in [5.41, 5.74) is 0. The maximum absolute atomic E-state index is 12.3. The third-order valence-corrected chi connectivity index (χ3v) is 3.72. The largest absolute Gasteiger partial charge is 0.375 e. The van der Waals surface area contributed by atoms with E-state index in [-0.39, 0.29) is 18.1 Å². The SMILES string of the molecule is CC1CN(C(=O)CN2CCCNCC2)C(C)CO1. The molecule has 0 aromatic heterocycles. The Morgan fingerprint density at radius 3 is 3.00 bits per heavy atom. The van der Waals surface area contributed by atoms with E-state index < -0.39 is 0 Å². The molecule has 0 radical (unpaired) electrons. The molecule has 2 atom stereocenters. The second kappa shape index (κ2) is 6.50. The Balaban J connectivity index is 1.85. The minimum atomic E-state index is 0.163. The molecule has 2 heterocycles. The number of carbonyl (C=O) groups excluding carboxylic acids is 1. The first-order valence-electron chi connectivity index (χ1n) is 7.01. The van der Waals surface area contributed by atoms with Crippen LogP contribution in [0.15, 0.2) is 0 Å². The van der Waals surface area contributed by atoms with Crippen LogP contribution in [0.5, 0.6) is 0 Å². The molecule has 2 aliphatic heterocycles. The van der Waals surface area contributed by atoms with E-state index in [1.165, 1.54) is 0 Å². The molecule has 1 N–H and O–H groups in total. The highest BCUT2D eigenvalue weighted by molar-refractivity contribution is 5.78. The lowest BCUT2D eigenvalue weighted by Crippen LogP contribution is -2.53. The quantitative estimate of drug-likeness (QED) is 0.749. The predicted molar refractivity (Wildman–Crippen MR) is 70.5 cm³/mol. The first-order chi connectivity index (χ1) is 8.66. The molecule has 1 amide bonds. The van der Waals surface area contributed by atoms with Crippen LogP contribution in [0.2, 0.25) is 0 Å². The van der Waals surface area contributed by atoms with E-state index >= 15 is 0 Å². The second-order valence-corrected chi connectivity index (χ2v) is 5.42. The van der Waals surface area contributed by atoms with Crippen LogP contribution in [-0.2, 0) is 9.53 Å². The first-order valence-corrected chi connectivity index (χ1v) is 7.01.